The first-order chi connectivity index (χ1) is 12.6. The third kappa shape index (κ3) is 6.17. The van der Waals surface area contributed by atoms with Crippen LogP contribution in [0.3, 0.4) is 0 Å². The number of halogens is 3. The maximum atomic E-state index is 12.5. The van der Waals surface area contributed by atoms with Crippen molar-refractivity contribution in [1.82, 2.24) is 19.9 Å². The second kappa shape index (κ2) is 8.65. The molecule has 0 radical (unpaired) electrons. The summed E-state index contributed by atoms with van der Waals surface area (Å²) < 4.78 is 62.3. The summed E-state index contributed by atoms with van der Waals surface area (Å²) in [7, 11) is -3.64. The molecule has 0 bridgehead atoms. The molecular formula is C15H19F3N4O4S. The zero-order chi connectivity index (χ0) is 20.1. The topological polar surface area (TPSA) is 108 Å². The maximum absolute atomic E-state index is 12.5. The number of carbonyl (C=O) groups is 2. The SMILES string of the molecule is O=C(NCC1CCN(S(=O)(=O)c2cccnc2)CC1)C(=O)NCC(F)(F)F. The molecule has 27 heavy (non-hydrogen) atoms. The standard InChI is InChI=1S/C15H19F3N4O4S/c16-15(17,18)10-21-14(24)13(23)20-8-11-3-6-22(7-4-11)27(25,26)12-2-1-5-19-9-12/h1-2,5,9,11H,3-4,6-8,10H2,(H,20,23)(H,21,24). The molecule has 2 N–H and O–H groups in total. The van der Waals surface area contributed by atoms with Crippen molar-refractivity contribution in [2.24, 2.45) is 5.92 Å². The van der Waals surface area contributed by atoms with Gasteiger partial charge in [0.2, 0.25) is 10.0 Å². The molecule has 2 rings (SSSR count). The van der Waals surface area contributed by atoms with Gasteiger partial charge in [-0.25, -0.2) is 8.42 Å². The first kappa shape index (κ1) is 21.1. The normalized spacial score (nSPS) is 16.7. The van der Waals surface area contributed by atoms with E-state index in [1.54, 1.807) is 0 Å². The molecule has 1 aliphatic heterocycles. The van der Waals surface area contributed by atoms with Crippen LogP contribution in [-0.2, 0) is 19.6 Å². The lowest BCUT2D eigenvalue weighted by molar-refractivity contribution is -0.146. The molecule has 0 aromatic carbocycles. The number of nitrogens with zero attached hydrogens (tertiary/aromatic N) is 2. The van der Waals surface area contributed by atoms with E-state index in [1.807, 2.05) is 0 Å². The summed E-state index contributed by atoms with van der Waals surface area (Å²) in [6, 6.07) is 2.98. The van der Waals surface area contributed by atoms with Gasteiger partial charge >= 0.3 is 18.0 Å². The van der Waals surface area contributed by atoms with Crippen LogP contribution in [0.25, 0.3) is 0 Å². The number of piperidine rings is 1. The molecule has 1 saturated heterocycles. The highest BCUT2D eigenvalue weighted by Gasteiger charge is 2.31. The van der Waals surface area contributed by atoms with Crippen LogP contribution in [0.2, 0.25) is 0 Å². The summed E-state index contributed by atoms with van der Waals surface area (Å²) in [5, 5.41) is 3.76. The summed E-state index contributed by atoms with van der Waals surface area (Å²) in [5.74, 6) is -2.58. The summed E-state index contributed by atoms with van der Waals surface area (Å²) in [6.07, 6.45) is -0.962. The fourth-order valence-electron chi connectivity index (χ4n) is 2.58. The number of amides is 2. The van der Waals surface area contributed by atoms with Crippen molar-refractivity contribution < 1.29 is 31.2 Å². The van der Waals surface area contributed by atoms with Crippen molar-refractivity contribution in [3.8, 4) is 0 Å². The number of rotatable bonds is 5. The monoisotopic (exact) mass is 408 g/mol. The molecule has 1 fully saturated rings. The number of carbonyl (C=O) groups excluding carboxylic acids is 2. The molecule has 0 unspecified atom stereocenters. The van der Waals surface area contributed by atoms with Crippen LogP contribution in [0.5, 0.6) is 0 Å². The fourth-order valence-corrected chi connectivity index (χ4v) is 4.01. The Balaban J connectivity index is 1.78. The number of hydrogen-bond acceptors (Lipinski definition) is 5. The van der Waals surface area contributed by atoms with Crippen molar-refractivity contribution >= 4 is 21.8 Å². The number of pyridine rings is 1. The zero-order valence-electron chi connectivity index (χ0n) is 14.2. The second-order valence-electron chi connectivity index (χ2n) is 6.04. The van der Waals surface area contributed by atoms with Crippen molar-refractivity contribution in [2.45, 2.75) is 23.9 Å². The third-order valence-corrected chi connectivity index (χ3v) is 5.93. The van der Waals surface area contributed by atoms with E-state index in [0.29, 0.717) is 12.8 Å². The van der Waals surface area contributed by atoms with Gasteiger partial charge in [0.15, 0.2) is 0 Å². The first-order valence-electron chi connectivity index (χ1n) is 8.12. The van der Waals surface area contributed by atoms with E-state index in [9.17, 15) is 31.2 Å². The third-order valence-electron chi connectivity index (χ3n) is 4.05. The van der Waals surface area contributed by atoms with Gasteiger partial charge in [-0.15, -0.1) is 0 Å². The van der Waals surface area contributed by atoms with Gasteiger partial charge < -0.3 is 10.6 Å². The first-order valence-corrected chi connectivity index (χ1v) is 9.56. The minimum absolute atomic E-state index is 0.0790. The fraction of sp³-hybridized carbons (Fsp3) is 0.533. The predicted octanol–water partition coefficient (Wildman–Crippen LogP) is 0.277. The molecule has 2 heterocycles. The van der Waals surface area contributed by atoms with Crippen LogP contribution in [0, 0.1) is 5.92 Å². The van der Waals surface area contributed by atoms with E-state index in [-0.39, 0.29) is 30.4 Å². The molecule has 0 saturated carbocycles. The molecule has 150 valence electrons. The number of alkyl halides is 3. The van der Waals surface area contributed by atoms with Gasteiger partial charge in [0.1, 0.15) is 11.4 Å². The zero-order valence-corrected chi connectivity index (χ0v) is 15.0. The minimum atomic E-state index is -4.59. The van der Waals surface area contributed by atoms with Gasteiger partial charge in [-0.3, -0.25) is 14.6 Å². The van der Waals surface area contributed by atoms with Crippen LogP contribution < -0.4 is 10.6 Å². The van der Waals surface area contributed by atoms with E-state index in [4.69, 9.17) is 0 Å². The van der Waals surface area contributed by atoms with Crippen LogP contribution in [0.15, 0.2) is 29.4 Å². The van der Waals surface area contributed by atoms with Gasteiger partial charge in [0, 0.05) is 32.0 Å². The molecule has 1 aliphatic rings. The van der Waals surface area contributed by atoms with E-state index in [2.05, 4.69) is 10.3 Å². The number of aromatic nitrogens is 1. The Labute approximate surface area is 154 Å². The number of hydrogen-bond donors (Lipinski definition) is 2. The number of sulfonamides is 1. The van der Waals surface area contributed by atoms with Crippen LogP contribution in [0.4, 0.5) is 13.2 Å². The average Bonchev–Trinajstić information content (AvgIpc) is 2.64. The van der Waals surface area contributed by atoms with E-state index < -0.39 is 34.6 Å². The Hall–Kier alpha value is -2.21. The summed E-state index contributed by atoms with van der Waals surface area (Å²) >= 11 is 0. The Kier molecular flexibility index (Phi) is 6.76. The van der Waals surface area contributed by atoms with Gasteiger partial charge in [-0.05, 0) is 30.9 Å². The lowest BCUT2D eigenvalue weighted by Gasteiger charge is -2.31. The summed E-state index contributed by atoms with van der Waals surface area (Å²) in [5.41, 5.74) is 0. The van der Waals surface area contributed by atoms with Crippen LogP contribution in [-0.4, -0.2) is 61.9 Å². The molecule has 0 aliphatic carbocycles. The largest absolute Gasteiger partial charge is 0.405 e. The lowest BCUT2D eigenvalue weighted by atomic mass is 9.98. The van der Waals surface area contributed by atoms with Gasteiger partial charge in [0.25, 0.3) is 0 Å². The average molecular weight is 408 g/mol. The van der Waals surface area contributed by atoms with Crippen LogP contribution >= 0.6 is 0 Å². The van der Waals surface area contributed by atoms with E-state index >= 15 is 0 Å². The molecule has 8 nitrogen and oxygen atoms in total. The molecule has 1 aromatic heterocycles. The lowest BCUT2D eigenvalue weighted by Crippen LogP contribution is -2.46. The summed E-state index contributed by atoms with van der Waals surface area (Å²) in [6.45, 7) is -1.03. The van der Waals surface area contributed by atoms with Crippen molar-refractivity contribution in [3.05, 3.63) is 24.5 Å². The Bertz CT molecular complexity index is 763. The molecule has 1 aromatic rings. The Morgan fingerprint density at radius 2 is 1.81 bits per heavy atom. The molecular weight excluding hydrogens is 389 g/mol. The van der Waals surface area contributed by atoms with E-state index in [1.165, 1.54) is 34.1 Å². The molecule has 2 amide bonds. The van der Waals surface area contributed by atoms with Gasteiger partial charge in [-0.2, -0.15) is 17.5 Å². The van der Waals surface area contributed by atoms with Gasteiger partial charge in [0.05, 0.1) is 0 Å². The van der Waals surface area contributed by atoms with E-state index in [0.717, 1.165) is 0 Å². The van der Waals surface area contributed by atoms with Crippen molar-refractivity contribution in [1.29, 1.82) is 0 Å². The van der Waals surface area contributed by atoms with Gasteiger partial charge in [-0.1, -0.05) is 0 Å². The Morgan fingerprint density at radius 3 is 2.37 bits per heavy atom. The quantitative estimate of drug-likeness (QED) is 0.681. The smallest absolute Gasteiger partial charge is 0.348 e. The maximum Gasteiger partial charge on any atom is 0.405 e. The summed E-state index contributed by atoms with van der Waals surface area (Å²) in [4.78, 5) is 26.7. The predicted molar refractivity (Wildman–Crippen MR) is 87.8 cm³/mol. The highest BCUT2D eigenvalue weighted by molar-refractivity contribution is 7.89. The Morgan fingerprint density at radius 1 is 1.19 bits per heavy atom. The van der Waals surface area contributed by atoms with Crippen LogP contribution in [0.1, 0.15) is 12.8 Å². The molecule has 0 spiro atoms. The molecule has 12 heteroatoms. The van der Waals surface area contributed by atoms with Crippen molar-refractivity contribution in [3.63, 3.8) is 0 Å². The highest BCUT2D eigenvalue weighted by Crippen LogP contribution is 2.23. The highest BCUT2D eigenvalue weighted by atomic mass is 32.2. The molecule has 0 atom stereocenters. The minimum Gasteiger partial charge on any atom is -0.348 e. The number of nitrogens with one attached hydrogen (secondary N) is 2. The van der Waals surface area contributed by atoms with Crippen molar-refractivity contribution in [2.75, 3.05) is 26.2 Å². The second-order valence-corrected chi connectivity index (χ2v) is 7.98.